The lowest BCUT2D eigenvalue weighted by Gasteiger charge is -2.33. The fraction of sp³-hybridized carbons (Fsp3) is 0.455. The summed E-state index contributed by atoms with van der Waals surface area (Å²) < 4.78 is 27.0. The van der Waals surface area contributed by atoms with E-state index in [4.69, 9.17) is 5.73 Å². The quantitative estimate of drug-likeness (QED) is 0.661. The van der Waals surface area contributed by atoms with Crippen molar-refractivity contribution < 1.29 is 18.0 Å². The van der Waals surface area contributed by atoms with Crippen LogP contribution in [-0.4, -0.2) is 62.2 Å². The van der Waals surface area contributed by atoms with Gasteiger partial charge in [0.05, 0.1) is 17.0 Å². The molecule has 1 aliphatic carbocycles. The second-order valence-electron chi connectivity index (χ2n) is 8.46. The predicted octanol–water partition coefficient (Wildman–Crippen LogP) is 1.92. The van der Waals surface area contributed by atoms with Crippen molar-refractivity contribution in [2.24, 2.45) is 11.7 Å². The van der Waals surface area contributed by atoms with E-state index in [1.54, 1.807) is 30.3 Å². The highest BCUT2D eigenvalue weighted by molar-refractivity contribution is 7.89. The van der Waals surface area contributed by atoms with Crippen molar-refractivity contribution in [3.05, 3.63) is 46.3 Å². The van der Waals surface area contributed by atoms with E-state index in [1.165, 1.54) is 15.6 Å². The number of carbonyl (C=O) groups is 2. The highest BCUT2D eigenvalue weighted by Crippen LogP contribution is 2.39. The van der Waals surface area contributed by atoms with Crippen LogP contribution in [0, 0.1) is 5.92 Å². The van der Waals surface area contributed by atoms with Crippen LogP contribution in [0.4, 0.5) is 5.00 Å². The molecule has 1 fully saturated rings. The van der Waals surface area contributed by atoms with Gasteiger partial charge in [-0.25, -0.2) is 8.42 Å². The first-order chi connectivity index (χ1) is 15.3. The highest BCUT2D eigenvalue weighted by atomic mass is 32.2. The maximum atomic E-state index is 12.8. The largest absolute Gasteiger partial charge is 0.365 e. The van der Waals surface area contributed by atoms with E-state index in [0.717, 1.165) is 29.7 Å². The number of hydrogen-bond acceptors (Lipinski definition) is 6. The monoisotopic (exact) mass is 476 g/mol. The summed E-state index contributed by atoms with van der Waals surface area (Å²) >= 11 is 1.45. The minimum Gasteiger partial charge on any atom is -0.365 e. The first kappa shape index (κ1) is 22.9. The molecule has 0 spiro atoms. The Labute approximate surface area is 192 Å². The summed E-state index contributed by atoms with van der Waals surface area (Å²) in [5.74, 6) is -0.181. The van der Waals surface area contributed by atoms with Crippen LogP contribution in [0.5, 0.6) is 0 Å². The third kappa shape index (κ3) is 4.73. The second-order valence-corrected chi connectivity index (χ2v) is 11.5. The molecule has 1 atom stereocenters. The van der Waals surface area contributed by atoms with Crippen LogP contribution < -0.4 is 11.1 Å². The van der Waals surface area contributed by atoms with Gasteiger partial charge in [-0.05, 0) is 42.9 Å². The van der Waals surface area contributed by atoms with Crippen molar-refractivity contribution in [3.8, 4) is 0 Å². The van der Waals surface area contributed by atoms with Gasteiger partial charge < -0.3 is 11.1 Å². The zero-order valence-corrected chi connectivity index (χ0v) is 19.7. The number of nitrogens with two attached hydrogens (primary N) is 1. The van der Waals surface area contributed by atoms with Crippen molar-refractivity contribution in [3.63, 3.8) is 0 Å². The first-order valence-corrected chi connectivity index (χ1v) is 13.0. The molecule has 2 aliphatic rings. The van der Waals surface area contributed by atoms with Crippen LogP contribution in [-0.2, 0) is 27.7 Å². The summed E-state index contributed by atoms with van der Waals surface area (Å²) in [5.41, 5.74) is 7.06. The van der Waals surface area contributed by atoms with Crippen LogP contribution in [0.15, 0.2) is 35.2 Å². The average molecular weight is 477 g/mol. The number of carbonyl (C=O) groups excluding carboxylic acids is 2. The molecular formula is C22H28N4O4S2. The number of rotatable bonds is 6. The molecule has 2 aromatic rings. The van der Waals surface area contributed by atoms with Crippen molar-refractivity contribution in [1.82, 2.24) is 9.21 Å². The Morgan fingerprint density at radius 3 is 2.50 bits per heavy atom. The first-order valence-electron chi connectivity index (χ1n) is 10.8. The van der Waals surface area contributed by atoms with Crippen LogP contribution in [0.2, 0.25) is 0 Å². The maximum Gasteiger partial charge on any atom is 0.251 e. The molecule has 32 heavy (non-hydrogen) atoms. The lowest BCUT2D eigenvalue weighted by molar-refractivity contribution is -0.117. The Bertz CT molecular complexity index is 1110. The fourth-order valence-corrected chi connectivity index (χ4v) is 7.21. The number of hydrogen-bond donors (Lipinski definition) is 2. The van der Waals surface area contributed by atoms with Gasteiger partial charge in [0.15, 0.2) is 0 Å². The normalized spacial score (nSPS) is 20.0. The van der Waals surface area contributed by atoms with E-state index >= 15 is 0 Å². The van der Waals surface area contributed by atoms with Crippen molar-refractivity contribution in [2.75, 3.05) is 38.0 Å². The molecule has 8 nitrogen and oxygen atoms in total. The molecule has 1 aliphatic heterocycles. The smallest absolute Gasteiger partial charge is 0.251 e. The zero-order chi connectivity index (χ0) is 22.9. The molecule has 0 bridgehead atoms. The molecular weight excluding hydrogens is 448 g/mol. The lowest BCUT2D eigenvalue weighted by atomic mass is 9.88. The predicted molar refractivity (Wildman–Crippen MR) is 124 cm³/mol. The Hall–Kier alpha value is -2.27. The Kier molecular flexibility index (Phi) is 6.66. The van der Waals surface area contributed by atoms with Gasteiger partial charge in [-0.2, -0.15) is 4.31 Å². The van der Waals surface area contributed by atoms with Gasteiger partial charge >= 0.3 is 0 Å². The zero-order valence-electron chi connectivity index (χ0n) is 18.0. The number of piperazine rings is 1. The second kappa shape index (κ2) is 9.30. The summed E-state index contributed by atoms with van der Waals surface area (Å²) in [6.45, 7) is 3.88. The van der Waals surface area contributed by atoms with E-state index in [1.807, 2.05) is 4.90 Å². The number of thiophene rings is 1. The topological polar surface area (TPSA) is 113 Å². The molecule has 4 rings (SSSR count). The number of sulfonamides is 1. The number of primary amides is 1. The van der Waals surface area contributed by atoms with E-state index in [2.05, 4.69) is 12.2 Å². The van der Waals surface area contributed by atoms with Crippen molar-refractivity contribution >= 4 is 38.2 Å². The van der Waals surface area contributed by atoms with Gasteiger partial charge in [0.2, 0.25) is 15.9 Å². The number of benzene rings is 1. The Morgan fingerprint density at radius 1 is 1.16 bits per heavy atom. The third-order valence-corrected chi connectivity index (χ3v) is 9.17. The number of nitrogens with zero attached hydrogens (tertiary/aromatic N) is 2. The van der Waals surface area contributed by atoms with Crippen LogP contribution in [0.1, 0.15) is 34.1 Å². The minimum absolute atomic E-state index is 0.135. The van der Waals surface area contributed by atoms with Gasteiger partial charge in [-0.1, -0.05) is 25.1 Å². The molecule has 1 aromatic heterocycles. The summed E-state index contributed by atoms with van der Waals surface area (Å²) in [6.07, 6.45) is 2.71. The number of anilines is 1. The van der Waals surface area contributed by atoms with Crippen molar-refractivity contribution in [2.45, 2.75) is 31.1 Å². The fourth-order valence-electron chi connectivity index (χ4n) is 4.34. The number of amides is 2. The summed E-state index contributed by atoms with van der Waals surface area (Å²) in [5, 5.41) is 3.42. The molecule has 1 aromatic carbocycles. The van der Waals surface area contributed by atoms with Crippen LogP contribution >= 0.6 is 11.3 Å². The van der Waals surface area contributed by atoms with Gasteiger partial charge in [0.1, 0.15) is 5.00 Å². The summed E-state index contributed by atoms with van der Waals surface area (Å²) in [7, 11) is -3.53. The van der Waals surface area contributed by atoms with Gasteiger partial charge in [0.25, 0.3) is 5.91 Å². The van der Waals surface area contributed by atoms with Gasteiger partial charge in [0, 0.05) is 31.1 Å². The molecule has 2 heterocycles. The number of nitrogens with one attached hydrogen (secondary N) is 1. The molecule has 10 heteroatoms. The van der Waals surface area contributed by atoms with E-state index in [9.17, 15) is 18.0 Å². The lowest BCUT2D eigenvalue weighted by Crippen LogP contribution is -2.50. The standard InChI is InChI=1S/C22H28N4O4S2/c1-15-7-8-17-18(13-15)31-22(20(17)21(23)28)24-19(27)14-25-9-11-26(12-10-25)32(29,30)16-5-3-2-4-6-16/h2-6,15H,7-14H2,1H3,(H2,23,28)(H,24,27)/t15-/m0/s1. The summed E-state index contributed by atoms with van der Waals surface area (Å²) in [4.78, 5) is 28.1. The summed E-state index contributed by atoms with van der Waals surface area (Å²) in [6, 6.07) is 8.37. The Morgan fingerprint density at radius 2 is 1.84 bits per heavy atom. The molecule has 172 valence electrons. The van der Waals surface area contributed by atoms with Crippen molar-refractivity contribution in [1.29, 1.82) is 0 Å². The van der Waals surface area contributed by atoms with Crippen LogP contribution in [0.3, 0.4) is 0 Å². The van der Waals surface area contributed by atoms with Crippen LogP contribution in [0.25, 0.3) is 0 Å². The van der Waals surface area contributed by atoms with E-state index in [-0.39, 0.29) is 17.3 Å². The molecule has 0 radical (unpaired) electrons. The molecule has 2 amide bonds. The highest BCUT2D eigenvalue weighted by Gasteiger charge is 2.30. The molecule has 3 N–H and O–H groups in total. The molecule has 0 unspecified atom stereocenters. The van der Waals surface area contributed by atoms with Gasteiger partial charge in [-0.3, -0.25) is 14.5 Å². The third-order valence-electron chi connectivity index (χ3n) is 6.09. The molecule has 1 saturated heterocycles. The van der Waals surface area contributed by atoms with E-state index in [0.29, 0.717) is 42.7 Å². The van der Waals surface area contributed by atoms with Gasteiger partial charge in [-0.15, -0.1) is 11.3 Å². The average Bonchev–Trinajstić information content (AvgIpc) is 3.11. The SMILES string of the molecule is C[C@H]1CCc2c(sc(NC(=O)CN3CCN(S(=O)(=O)c4ccccc4)CC3)c2C(N)=O)C1. The molecule has 0 saturated carbocycles. The minimum atomic E-state index is -3.53. The van der Waals surface area contributed by atoms with E-state index < -0.39 is 15.9 Å². The number of fused-ring (bicyclic) bond motifs is 1. The maximum absolute atomic E-state index is 12.8. The Balaban J connectivity index is 1.37.